The van der Waals surface area contributed by atoms with Gasteiger partial charge in [0.05, 0.1) is 11.7 Å². The molecule has 0 saturated carbocycles. The number of likely N-dealkylation sites (tertiary alicyclic amines) is 1. The minimum absolute atomic E-state index is 0.0347. The zero-order valence-corrected chi connectivity index (χ0v) is 17.5. The van der Waals surface area contributed by atoms with Gasteiger partial charge >= 0.3 is 0 Å². The van der Waals surface area contributed by atoms with E-state index in [2.05, 4.69) is 14.8 Å². The van der Waals surface area contributed by atoms with E-state index in [1.807, 2.05) is 4.90 Å². The van der Waals surface area contributed by atoms with Crippen LogP contribution < -0.4 is 9.64 Å². The average molecular weight is 430 g/mol. The van der Waals surface area contributed by atoms with Gasteiger partial charge in [0.15, 0.2) is 12.4 Å². The van der Waals surface area contributed by atoms with Crippen LogP contribution in [0.1, 0.15) is 49.8 Å². The van der Waals surface area contributed by atoms with Gasteiger partial charge in [-0.1, -0.05) is 18.0 Å². The number of rotatable bonds is 3. The van der Waals surface area contributed by atoms with E-state index in [1.165, 1.54) is 11.3 Å². The lowest BCUT2D eigenvalue weighted by molar-refractivity contribution is -0.133. The van der Waals surface area contributed by atoms with Crippen LogP contribution in [0.2, 0.25) is 5.02 Å². The standard InChI is InChI=1S/C21H24ClN5O3/c22-14-7-8-17-16(11-14)27(20(29)13-30-17)12-19(28)25-10-4-5-15(25)21-24-23-18-6-2-1-3-9-26(18)21/h7-8,11,15H,1-6,9-10,12-13H2. The monoisotopic (exact) mass is 429 g/mol. The Bertz CT molecular complexity index is 991. The molecule has 0 N–H and O–H groups in total. The van der Waals surface area contributed by atoms with Gasteiger partial charge in [-0.2, -0.15) is 0 Å². The molecule has 9 heteroatoms. The maximum atomic E-state index is 13.3. The lowest BCUT2D eigenvalue weighted by atomic mass is 10.2. The van der Waals surface area contributed by atoms with Crippen LogP contribution in [-0.4, -0.2) is 51.2 Å². The summed E-state index contributed by atoms with van der Waals surface area (Å²) in [5.74, 6) is 2.13. The fourth-order valence-corrected chi connectivity index (χ4v) is 4.83. The SMILES string of the molecule is O=C1COc2ccc(Cl)cc2N1CC(=O)N1CCCC1c1nnc2n1CCCCC2. The molecular formula is C21H24ClN5O3. The molecule has 0 bridgehead atoms. The molecule has 2 amide bonds. The molecule has 1 unspecified atom stereocenters. The number of benzene rings is 1. The zero-order chi connectivity index (χ0) is 20.7. The van der Waals surface area contributed by atoms with Crippen molar-refractivity contribution in [2.75, 3.05) is 24.6 Å². The highest BCUT2D eigenvalue weighted by Crippen LogP contribution is 2.36. The van der Waals surface area contributed by atoms with Gasteiger partial charge in [-0.25, -0.2) is 0 Å². The van der Waals surface area contributed by atoms with Crippen LogP contribution in [0.5, 0.6) is 5.75 Å². The molecule has 2 aromatic rings. The molecule has 1 aromatic carbocycles. The lowest BCUT2D eigenvalue weighted by Gasteiger charge is -2.32. The Morgan fingerprint density at radius 3 is 2.97 bits per heavy atom. The summed E-state index contributed by atoms with van der Waals surface area (Å²) in [5.41, 5.74) is 0.541. The molecule has 0 radical (unpaired) electrons. The Labute approximate surface area is 179 Å². The first-order valence-electron chi connectivity index (χ1n) is 10.6. The molecule has 1 atom stereocenters. The molecule has 5 rings (SSSR count). The maximum absolute atomic E-state index is 13.3. The number of ether oxygens (including phenoxy) is 1. The van der Waals surface area contributed by atoms with Gasteiger partial charge in [-0.05, 0) is 43.9 Å². The molecule has 1 aromatic heterocycles. The topological polar surface area (TPSA) is 80.6 Å². The quantitative estimate of drug-likeness (QED) is 0.749. The number of fused-ring (bicyclic) bond motifs is 2. The van der Waals surface area contributed by atoms with Gasteiger partial charge < -0.3 is 14.2 Å². The van der Waals surface area contributed by atoms with Crippen molar-refractivity contribution in [3.05, 3.63) is 34.9 Å². The number of aryl methyl sites for hydroxylation is 1. The lowest BCUT2D eigenvalue weighted by Crippen LogP contribution is -2.46. The molecule has 8 nitrogen and oxygen atoms in total. The van der Waals surface area contributed by atoms with Gasteiger partial charge in [0.2, 0.25) is 5.91 Å². The van der Waals surface area contributed by atoms with E-state index >= 15 is 0 Å². The minimum Gasteiger partial charge on any atom is -0.482 e. The third-order valence-electron chi connectivity index (χ3n) is 6.17. The highest BCUT2D eigenvalue weighted by atomic mass is 35.5. The van der Waals surface area contributed by atoms with Crippen LogP contribution in [0.4, 0.5) is 5.69 Å². The number of nitrogens with zero attached hydrogens (tertiary/aromatic N) is 5. The third-order valence-corrected chi connectivity index (χ3v) is 6.40. The summed E-state index contributed by atoms with van der Waals surface area (Å²) in [7, 11) is 0. The van der Waals surface area contributed by atoms with Crippen molar-refractivity contribution in [3.8, 4) is 5.75 Å². The predicted molar refractivity (Wildman–Crippen MR) is 111 cm³/mol. The van der Waals surface area contributed by atoms with Crippen LogP contribution in [0.15, 0.2) is 18.2 Å². The Morgan fingerprint density at radius 1 is 1.17 bits per heavy atom. The second-order valence-corrected chi connectivity index (χ2v) is 8.50. The second kappa shape index (κ2) is 7.91. The van der Waals surface area contributed by atoms with Crippen molar-refractivity contribution in [2.45, 2.75) is 51.1 Å². The summed E-state index contributed by atoms with van der Waals surface area (Å²) < 4.78 is 7.69. The van der Waals surface area contributed by atoms with E-state index in [-0.39, 0.29) is 31.0 Å². The molecule has 4 heterocycles. The Hall–Kier alpha value is -2.61. The summed E-state index contributed by atoms with van der Waals surface area (Å²) in [6.07, 6.45) is 6.15. The first-order valence-corrected chi connectivity index (χ1v) is 10.9. The molecule has 0 aliphatic carbocycles. The van der Waals surface area contributed by atoms with E-state index < -0.39 is 0 Å². The smallest absolute Gasteiger partial charge is 0.265 e. The Kier molecular flexibility index (Phi) is 5.10. The molecular weight excluding hydrogens is 406 g/mol. The van der Waals surface area contributed by atoms with E-state index in [0.29, 0.717) is 23.0 Å². The Balaban J connectivity index is 1.39. The maximum Gasteiger partial charge on any atom is 0.265 e. The van der Waals surface area contributed by atoms with Crippen LogP contribution in [0, 0.1) is 0 Å². The highest BCUT2D eigenvalue weighted by Gasteiger charge is 2.37. The molecule has 158 valence electrons. The van der Waals surface area contributed by atoms with Gasteiger partial charge in [0.1, 0.15) is 18.1 Å². The predicted octanol–water partition coefficient (Wildman–Crippen LogP) is 2.75. The van der Waals surface area contributed by atoms with Crippen LogP contribution >= 0.6 is 11.6 Å². The number of anilines is 1. The summed E-state index contributed by atoms with van der Waals surface area (Å²) in [4.78, 5) is 29.2. The number of amides is 2. The summed E-state index contributed by atoms with van der Waals surface area (Å²) in [5, 5.41) is 9.36. The second-order valence-electron chi connectivity index (χ2n) is 8.06. The fraction of sp³-hybridized carbons (Fsp3) is 0.524. The minimum atomic E-state index is -0.245. The molecule has 1 fully saturated rings. The van der Waals surface area contributed by atoms with Crippen molar-refractivity contribution >= 4 is 29.1 Å². The zero-order valence-electron chi connectivity index (χ0n) is 16.7. The van der Waals surface area contributed by atoms with Crippen molar-refractivity contribution in [2.24, 2.45) is 0 Å². The van der Waals surface area contributed by atoms with Crippen molar-refractivity contribution in [3.63, 3.8) is 0 Å². The normalized spacial score (nSPS) is 21.1. The summed E-state index contributed by atoms with van der Waals surface area (Å²) in [6.45, 7) is 1.45. The fourth-order valence-electron chi connectivity index (χ4n) is 4.66. The van der Waals surface area contributed by atoms with Crippen molar-refractivity contribution in [1.82, 2.24) is 19.7 Å². The van der Waals surface area contributed by atoms with Crippen LogP contribution in [0.3, 0.4) is 0 Å². The summed E-state index contributed by atoms with van der Waals surface area (Å²) >= 11 is 6.12. The number of carbonyl (C=O) groups is 2. The van der Waals surface area contributed by atoms with Crippen molar-refractivity contribution in [1.29, 1.82) is 0 Å². The average Bonchev–Trinajstić information content (AvgIpc) is 3.31. The number of carbonyl (C=O) groups excluding carboxylic acids is 2. The van der Waals surface area contributed by atoms with Gasteiger partial charge in [-0.3, -0.25) is 14.5 Å². The summed E-state index contributed by atoms with van der Waals surface area (Å²) in [6, 6.07) is 5.02. The molecule has 3 aliphatic heterocycles. The van der Waals surface area contributed by atoms with E-state index in [9.17, 15) is 9.59 Å². The first-order chi connectivity index (χ1) is 14.6. The third kappa shape index (κ3) is 3.43. The van der Waals surface area contributed by atoms with Gasteiger partial charge in [0, 0.05) is 24.5 Å². The van der Waals surface area contributed by atoms with E-state index in [4.69, 9.17) is 16.3 Å². The highest BCUT2D eigenvalue weighted by molar-refractivity contribution is 6.31. The number of hydrogen-bond acceptors (Lipinski definition) is 5. The van der Waals surface area contributed by atoms with E-state index in [1.54, 1.807) is 18.2 Å². The van der Waals surface area contributed by atoms with Crippen LogP contribution in [0.25, 0.3) is 0 Å². The first kappa shape index (κ1) is 19.4. The Morgan fingerprint density at radius 2 is 2.07 bits per heavy atom. The van der Waals surface area contributed by atoms with Crippen LogP contribution in [-0.2, 0) is 22.6 Å². The van der Waals surface area contributed by atoms with Crippen molar-refractivity contribution < 1.29 is 14.3 Å². The molecule has 1 saturated heterocycles. The van der Waals surface area contributed by atoms with Gasteiger partial charge in [-0.15, -0.1) is 10.2 Å². The number of hydrogen-bond donors (Lipinski definition) is 0. The molecule has 3 aliphatic rings. The van der Waals surface area contributed by atoms with Gasteiger partial charge in [0.25, 0.3) is 5.91 Å². The molecule has 0 spiro atoms. The number of aromatic nitrogens is 3. The molecule has 30 heavy (non-hydrogen) atoms. The number of halogens is 1. The van der Waals surface area contributed by atoms with E-state index in [0.717, 1.165) is 50.3 Å². The largest absolute Gasteiger partial charge is 0.482 e.